The van der Waals surface area contributed by atoms with Crippen molar-refractivity contribution in [2.75, 3.05) is 0 Å². The summed E-state index contributed by atoms with van der Waals surface area (Å²) in [7, 11) is 0. The summed E-state index contributed by atoms with van der Waals surface area (Å²) >= 11 is 0. The molecule has 0 aromatic rings. The largest absolute Gasteiger partial charge is 0.299 e. The summed E-state index contributed by atoms with van der Waals surface area (Å²) in [5.74, 6) is 4.33. The summed E-state index contributed by atoms with van der Waals surface area (Å²) in [5.41, 5.74) is 3.06. The number of allylic oxidation sites excluding steroid dienone is 1. The molecule has 1 nitrogen and oxygen atoms in total. The normalized spacial score (nSPS) is 55.6. The molecule has 0 amide bonds. The standard InChI is InChI=1S/C30H48O/c1-19(2)20-11-14-27(5)17-18-29(7)21(25(20)27)9-10-23-28(6)15-13-24(31)26(3,4)22(28)12-16-30(23,29)8/h20-23,25H,1,9-18H2,2-8H3/t20-,21+,22+,23+,25+,27-,28+,29+,30-/m1/s1. The number of rotatable bonds is 1. The molecule has 0 aliphatic heterocycles. The lowest BCUT2D eigenvalue weighted by Gasteiger charge is -2.72. The fraction of sp³-hybridized carbons (Fsp3) is 0.900. The van der Waals surface area contributed by atoms with E-state index in [0.29, 0.717) is 33.4 Å². The number of carbonyl (C=O) groups excluding carboxylic acids is 1. The molecule has 0 heterocycles. The zero-order chi connectivity index (χ0) is 22.6. The zero-order valence-corrected chi connectivity index (χ0v) is 21.6. The van der Waals surface area contributed by atoms with Crippen LogP contribution in [0.1, 0.15) is 113 Å². The molecule has 0 aromatic carbocycles. The van der Waals surface area contributed by atoms with Crippen molar-refractivity contribution in [1.82, 2.24) is 0 Å². The topological polar surface area (TPSA) is 17.1 Å². The van der Waals surface area contributed by atoms with Gasteiger partial charge in [0.15, 0.2) is 0 Å². The van der Waals surface area contributed by atoms with Gasteiger partial charge in [-0.05, 0) is 116 Å². The molecule has 9 atom stereocenters. The Balaban J connectivity index is 1.55. The third-order valence-corrected chi connectivity index (χ3v) is 13.2. The molecule has 0 aromatic heterocycles. The molecular weight excluding hydrogens is 376 g/mol. The van der Waals surface area contributed by atoms with E-state index in [2.05, 4.69) is 55.0 Å². The van der Waals surface area contributed by atoms with E-state index in [4.69, 9.17) is 0 Å². The predicted molar refractivity (Wildman–Crippen MR) is 130 cm³/mol. The van der Waals surface area contributed by atoms with Crippen LogP contribution in [0, 0.1) is 56.7 Å². The SMILES string of the molecule is C=C(C)[C@H]1CC[C@]2(C)CC[C@@]3(C)[C@@H](CC[C@H]4[C@@]5(C)CCC(=O)C(C)(C)[C@@H]5CC[C@]43C)[C@H]12. The van der Waals surface area contributed by atoms with Crippen molar-refractivity contribution in [3.63, 3.8) is 0 Å². The van der Waals surface area contributed by atoms with Gasteiger partial charge >= 0.3 is 0 Å². The quantitative estimate of drug-likeness (QED) is 0.387. The van der Waals surface area contributed by atoms with Crippen LogP contribution in [0.25, 0.3) is 0 Å². The van der Waals surface area contributed by atoms with Crippen LogP contribution in [0.5, 0.6) is 0 Å². The molecule has 0 bridgehead atoms. The Kier molecular flexibility index (Phi) is 4.66. The Bertz CT molecular complexity index is 807. The molecule has 5 aliphatic carbocycles. The third kappa shape index (κ3) is 2.59. The molecule has 5 aliphatic rings. The first-order chi connectivity index (χ1) is 14.3. The minimum Gasteiger partial charge on any atom is -0.299 e. The van der Waals surface area contributed by atoms with Crippen LogP contribution in [0.4, 0.5) is 0 Å². The maximum atomic E-state index is 12.9. The molecule has 5 saturated carbocycles. The van der Waals surface area contributed by atoms with Gasteiger partial charge in [0, 0.05) is 11.8 Å². The van der Waals surface area contributed by atoms with Gasteiger partial charge in [-0.3, -0.25) is 4.79 Å². The van der Waals surface area contributed by atoms with E-state index in [1.54, 1.807) is 0 Å². The second kappa shape index (κ2) is 6.50. The maximum Gasteiger partial charge on any atom is 0.138 e. The van der Waals surface area contributed by atoms with Crippen LogP contribution in [-0.4, -0.2) is 5.78 Å². The first-order valence-corrected chi connectivity index (χ1v) is 13.5. The van der Waals surface area contributed by atoms with Crippen molar-refractivity contribution in [3.05, 3.63) is 12.2 Å². The molecule has 5 rings (SSSR count). The van der Waals surface area contributed by atoms with Crippen molar-refractivity contribution in [1.29, 1.82) is 0 Å². The maximum absolute atomic E-state index is 12.9. The van der Waals surface area contributed by atoms with Gasteiger partial charge in [-0.1, -0.05) is 53.7 Å². The monoisotopic (exact) mass is 424 g/mol. The van der Waals surface area contributed by atoms with Crippen molar-refractivity contribution in [2.45, 2.75) is 113 Å². The van der Waals surface area contributed by atoms with E-state index in [1.165, 1.54) is 56.9 Å². The third-order valence-electron chi connectivity index (χ3n) is 13.2. The molecule has 1 heteroatoms. The van der Waals surface area contributed by atoms with Crippen LogP contribution >= 0.6 is 0 Å². The summed E-state index contributed by atoms with van der Waals surface area (Å²) in [6, 6.07) is 0. The molecule has 0 radical (unpaired) electrons. The average molecular weight is 425 g/mol. The van der Waals surface area contributed by atoms with Gasteiger partial charge in [-0.25, -0.2) is 0 Å². The second-order valence-electron chi connectivity index (χ2n) is 14.5. The minimum absolute atomic E-state index is 0.131. The van der Waals surface area contributed by atoms with Crippen molar-refractivity contribution < 1.29 is 4.79 Å². The molecule has 0 unspecified atom stereocenters. The number of fused-ring (bicyclic) bond motifs is 7. The van der Waals surface area contributed by atoms with E-state index >= 15 is 0 Å². The minimum atomic E-state index is -0.131. The fourth-order valence-electron chi connectivity index (χ4n) is 11.3. The smallest absolute Gasteiger partial charge is 0.138 e. The van der Waals surface area contributed by atoms with Gasteiger partial charge in [0.2, 0.25) is 0 Å². The van der Waals surface area contributed by atoms with Crippen LogP contribution in [-0.2, 0) is 4.79 Å². The van der Waals surface area contributed by atoms with E-state index in [9.17, 15) is 4.79 Å². The fourth-order valence-corrected chi connectivity index (χ4v) is 11.3. The summed E-state index contributed by atoms with van der Waals surface area (Å²) < 4.78 is 0. The molecular formula is C30H48O. The highest BCUT2D eigenvalue weighted by atomic mass is 16.1. The van der Waals surface area contributed by atoms with Gasteiger partial charge in [-0.2, -0.15) is 0 Å². The number of hydrogen-bond acceptors (Lipinski definition) is 1. The first kappa shape index (κ1) is 22.2. The highest BCUT2D eigenvalue weighted by molar-refractivity contribution is 5.85. The Morgan fingerprint density at radius 1 is 0.806 bits per heavy atom. The second-order valence-corrected chi connectivity index (χ2v) is 14.5. The predicted octanol–water partition coefficient (Wildman–Crippen LogP) is 8.23. The van der Waals surface area contributed by atoms with E-state index in [1.807, 2.05) is 0 Å². The van der Waals surface area contributed by atoms with Crippen molar-refractivity contribution in [2.24, 2.45) is 56.7 Å². The van der Waals surface area contributed by atoms with Gasteiger partial charge in [-0.15, -0.1) is 0 Å². The molecule has 0 saturated heterocycles. The summed E-state index contributed by atoms with van der Waals surface area (Å²) in [4.78, 5) is 12.9. The van der Waals surface area contributed by atoms with E-state index in [-0.39, 0.29) is 5.41 Å². The van der Waals surface area contributed by atoms with E-state index in [0.717, 1.165) is 36.5 Å². The summed E-state index contributed by atoms with van der Waals surface area (Å²) in [6.07, 6.45) is 13.0. The Morgan fingerprint density at radius 3 is 2.19 bits per heavy atom. The lowest BCUT2D eigenvalue weighted by molar-refractivity contribution is -0.232. The summed E-state index contributed by atoms with van der Waals surface area (Å²) in [5, 5.41) is 0. The molecule has 5 fully saturated rings. The van der Waals surface area contributed by atoms with Crippen molar-refractivity contribution >= 4 is 5.78 Å². The summed E-state index contributed by atoms with van der Waals surface area (Å²) in [6.45, 7) is 22.0. The van der Waals surface area contributed by atoms with Crippen LogP contribution in [0.2, 0.25) is 0 Å². The van der Waals surface area contributed by atoms with Crippen LogP contribution < -0.4 is 0 Å². The number of hydrogen-bond donors (Lipinski definition) is 0. The van der Waals surface area contributed by atoms with Crippen LogP contribution in [0.15, 0.2) is 12.2 Å². The lowest BCUT2D eigenvalue weighted by atomic mass is 9.32. The first-order valence-electron chi connectivity index (χ1n) is 13.5. The number of Topliss-reactive ketones (excluding diaryl/α,β-unsaturated/α-hetero) is 1. The average Bonchev–Trinajstić information content (AvgIpc) is 3.04. The highest BCUT2D eigenvalue weighted by Gasteiger charge is 2.70. The zero-order valence-electron chi connectivity index (χ0n) is 21.6. The molecule has 0 spiro atoms. The molecule has 0 N–H and O–H groups in total. The van der Waals surface area contributed by atoms with Gasteiger partial charge in [0.25, 0.3) is 0 Å². The highest BCUT2D eigenvalue weighted by Crippen LogP contribution is 2.77. The van der Waals surface area contributed by atoms with Crippen molar-refractivity contribution in [3.8, 4) is 0 Å². The molecule has 174 valence electrons. The lowest BCUT2D eigenvalue weighted by Crippen LogP contribution is -2.66. The Labute approximate surface area is 192 Å². The number of carbonyl (C=O) groups is 1. The van der Waals surface area contributed by atoms with E-state index < -0.39 is 0 Å². The van der Waals surface area contributed by atoms with Crippen LogP contribution in [0.3, 0.4) is 0 Å². The van der Waals surface area contributed by atoms with Gasteiger partial charge in [0.1, 0.15) is 5.78 Å². The Hall–Kier alpha value is -0.590. The number of ketones is 1. The molecule has 31 heavy (non-hydrogen) atoms. The Morgan fingerprint density at radius 2 is 1.52 bits per heavy atom. The van der Waals surface area contributed by atoms with Gasteiger partial charge in [0.05, 0.1) is 0 Å². The van der Waals surface area contributed by atoms with Gasteiger partial charge < -0.3 is 0 Å².